The molecule has 1 aromatic heterocycles. The van der Waals surface area contributed by atoms with Gasteiger partial charge in [-0.15, -0.1) is 0 Å². The number of rotatable bonds is 4. The van der Waals surface area contributed by atoms with Gasteiger partial charge in [-0.1, -0.05) is 12.1 Å². The molecule has 5 heteroatoms. The van der Waals surface area contributed by atoms with Gasteiger partial charge in [0.25, 0.3) is 0 Å². The van der Waals surface area contributed by atoms with Crippen molar-refractivity contribution >= 4 is 11.4 Å². The predicted molar refractivity (Wildman–Crippen MR) is 59.4 cm³/mol. The highest BCUT2D eigenvalue weighted by Crippen LogP contribution is 2.16. The molecular weight excluding hydrogens is 190 g/mol. The van der Waals surface area contributed by atoms with Gasteiger partial charge in [-0.25, -0.2) is 4.98 Å². The van der Waals surface area contributed by atoms with Crippen LogP contribution in [-0.4, -0.2) is 21.7 Å². The molecule has 0 saturated heterocycles. The molecule has 0 spiro atoms. The van der Waals surface area contributed by atoms with Gasteiger partial charge in [0.15, 0.2) is 0 Å². The number of nitrogens with two attached hydrogens (primary N) is 1. The fourth-order valence-corrected chi connectivity index (χ4v) is 1.32. The van der Waals surface area contributed by atoms with Crippen LogP contribution in [0.15, 0.2) is 30.6 Å². The molecule has 1 heterocycles. The first kappa shape index (κ1) is 9.51. The lowest BCUT2D eigenvalue weighted by atomic mass is 10.2. The standard InChI is InChI=1S/C10H13N5/c11-8-3-1-2-4-9(8)12-6-5-10-13-7-14-15-10/h1-4,7,12H,5-6,11H2,(H,13,14,15). The largest absolute Gasteiger partial charge is 0.397 e. The van der Waals surface area contributed by atoms with Crippen LogP contribution >= 0.6 is 0 Å². The fraction of sp³-hybridized carbons (Fsp3) is 0.200. The van der Waals surface area contributed by atoms with Gasteiger partial charge in [0, 0.05) is 13.0 Å². The molecule has 2 aromatic rings. The molecule has 5 nitrogen and oxygen atoms in total. The van der Waals surface area contributed by atoms with Crippen LogP contribution in [0, 0.1) is 0 Å². The van der Waals surface area contributed by atoms with Crippen LogP contribution in [0.3, 0.4) is 0 Å². The van der Waals surface area contributed by atoms with Crippen LogP contribution in [0.2, 0.25) is 0 Å². The van der Waals surface area contributed by atoms with E-state index in [1.165, 1.54) is 6.33 Å². The first-order valence-electron chi connectivity index (χ1n) is 4.79. The summed E-state index contributed by atoms with van der Waals surface area (Å²) in [6.07, 6.45) is 2.31. The molecule has 0 aliphatic carbocycles. The summed E-state index contributed by atoms with van der Waals surface area (Å²) >= 11 is 0. The molecule has 0 bridgehead atoms. The molecule has 78 valence electrons. The Labute approximate surface area is 87.7 Å². The van der Waals surface area contributed by atoms with E-state index in [1.807, 2.05) is 24.3 Å². The summed E-state index contributed by atoms with van der Waals surface area (Å²) in [7, 11) is 0. The van der Waals surface area contributed by atoms with E-state index in [9.17, 15) is 0 Å². The number of nitrogens with zero attached hydrogens (tertiary/aromatic N) is 2. The number of hydrogen-bond acceptors (Lipinski definition) is 4. The second kappa shape index (κ2) is 4.45. The number of aromatic nitrogens is 3. The number of para-hydroxylation sites is 2. The van der Waals surface area contributed by atoms with Crippen molar-refractivity contribution in [2.45, 2.75) is 6.42 Å². The van der Waals surface area contributed by atoms with E-state index in [0.717, 1.165) is 30.2 Å². The second-order valence-electron chi connectivity index (χ2n) is 3.20. The summed E-state index contributed by atoms with van der Waals surface area (Å²) in [5.74, 6) is 0.872. The lowest BCUT2D eigenvalue weighted by Crippen LogP contribution is -2.07. The molecule has 2 rings (SSSR count). The Morgan fingerprint density at radius 2 is 2.20 bits per heavy atom. The molecule has 0 unspecified atom stereocenters. The SMILES string of the molecule is Nc1ccccc1NCCc1ncn[nH]1. The third-order valence-corrected chi connectivity index (χ3v) is 2.10. The quantitative estimate of drug-likeness (QED) is 0.649. The molecule has 0 atom stereocenters. The molecule has 0 fully saturated rings. The van der Waals surface area contributed by atoms with Crippen molar-refractivity contribution < 1.29 is 0 Å². The van der Waals surface area contributed by atoms with Gasteiger partial charge < -0.3 is 11.1 Å². The Morgan fingerprint density at radius 1 is 1.33 bits per heavy atom. The molecule has 4 N–H and O–H groups in total. The van der Waals surface area contributed by atoms with Crippen molar-refractivity contribution in [3.05, 3.63) is 36.4 Å². The fourth-order valence-electron chi connectivity index (χ4n) is 1.32. The highest BCUT2D eigenvalue weighted by molar-refractivity contribution is 5.65. The van der Waals surface area contributed by atoms with Crippen LogP contribution in [0.1, 0.15) is 5.82 Å². The maximum absolute atomic E-state index is 5.78. The van der Waals surface area contributed by atoms with E-state index in [4.69, 9.17) is 5.73 Å². The van der Waals surface area contributed by atoms with Crippen LogP contribution in [0.4, 0.5) is 11.4 Å². The average molecular weight is 203 g/mol. The Bertz CT molecular complexity index is 410. The van der Waals surface area contributed by atoms with Crippen molar-refractivity contribution in [3.8, 4) is 0 Å². The molecule has 0 radical (unpaired) electrons. The van der Waals surface area contributed by atoms with Crippen LogP contribution in [0.5, 0.6) is 0 Å². The number of benzene rings is 1. The summed E-state index contributed by atoms with van der Waals surface area (Å²) in [6.45, 7) is 0.781. The smallest absolute Gasteiger partial charge is 0.137 e. The van der Waals surface area contributed by atoms with Gasteiger partial charge in [0.05, 0.1) is 11.4 Å². The van der Waals surface area contributed by atoms with Gasteiger partial charge in [-0.3, -0.25) is 5.10 Å². The number of nitrogens with one attached hydrogen (secondary N) is 2. The summed E-state index contributed by atoms with van der Waals surface area (Å²) in [5.41, 5.74) is 7.50. The van der Waals surface area contributed by atoms with Crippen molar-refractivity contribution in [2.24, 2.45) is 0 Å². The number of aromatic amines is 1. The van der Waals surface area contributed by atoms with Crippen LogP contribution in [-0.2, 0) is 6.42 Å². The third kappa shape index (κ3) is 2.46. The summed E-state index contributed by atoms with van der Waals surface area (Å²) in [6, 6.07) is 7.69. The number of H-pyrrole nitrogens is 1. The van der Waals surface area contributed by atoms with Crippen molar-refractivity contribution in [1.29, 1.82) is 0 Å². The van der Waals surface area contributed by atoms with E-state index in [2.05, 4.69) is 20.5 Å². The Balaban J connectivity index is 1.86. The number of nitrogen functional groups attached to an aromatic ring is 1. The lowest BCUT2D eigenvalue weighted by Gasteiger charge is -2.07. The van der Waals surface area contributed by atoms with Crippen LogP contribution in [0.25, 0.3) is 0 Å². The van der Waals surface area contributed by atoms with Crippen molar-refractivity contribution in [3.63, 3.8) is 0 Å². The molecule has 0 aliphatic rings. The van der Waals surface area contributed by atoms with Crippen LogP contribution < -0.4 is 11.1 Å². The normalized spacial score (nSPS) is 10.1. The first-order chi connectivity index (χ1) is 7.36. The molecule has 0 amide bonds. The highest BCUT2D eigenvalue weighted by atomic mass is 15.2. The minimum atomic E-state index is 0.759. The minimum Gasteiger partial charge on any atom is -0.397 e. The molecule has 0 saturated carbocycles. The zero-order valence-corrected chi connectivity index (χ0v) is 8.27. The van der Waals surface area contributed by atoms with E-state index >= 15 is 0 Å². The Hall–Kier alpha value is -2.04. The average Bonchev–Trinajstić information content (AvgIpc) is 2.74. The Morgan fingerprint density at radius 3 is 2.93 bits per heavy atom. The maximum Gasteiger partial charge on any atom is 0.137 e. The van der Waals surface area contributed by atoms with E-state index in [0.29, 0.717) is 0 Å². The minimum absolute atomic E-state index is 0.759. The van der Waals surface area contributed by atoms with Gasteiger partial charge in [0.1, 0.15) is 12.2 Å². The van der Waals surface area contributed by atoms with E-state index < -0.39 is 0 Å². The molecule has 15 heavy (non-hydrogen) atoms. The van der Waals surface area contributed by atoms with Crippen molar-refractivity contribution in [2.75, 3.05) is 17.6 Å². The predicted octanol–water partition coefficient (Wildman–Crippen LogP) is 1.04. The lowest BCUT2D eigenvalue weighted by molar-refractivity contribution is 0.901. The monoisotopic (exact) mass is 203 g/mol. The third-order valence-electron chi connectivity index (χ3n) is 2.10. The summed E-state index contributed by atoms with van der Waals surface area (Å²) in [5, 5.41) is 9.82. The van der Waals surface area contributed by atoms with Gasteiger partial charge in [-0.05, 0) is 12.1 Å². The Kier molecular flexibility index (Phi) is 2.82. The number of hydrogen-bond donors (Lipinski definition) is 3. The zero-order chi connectivity index (χ0) is 10.5. The highest BCUT2D eigenvalue weighted by Gasteiger charge is 1.98. The zero-order valence-electron chi connectivity index (χ0n) is 8.27. The van der Waals surface area contributed by atoms with E-state index in [1.54, 1.807) is 0 Å². The summed E-state index contributed by atoms with van der Waals surface area (Å²) in [4.78, 5) is 4.03. The topological polar surface area (TPSA) is 79.6 Å². The molecule has 1 aromatic carbocycles. The molecular formula is C10H13N5. The summed E-state index contributed by atoms with van der Waals surface area (Å²) < 4.78 is 0. The second-order valence-corrected chi connectivity index (χ2v) is 3.20. The number of anilines is 2. The van der Waals surface area contributed by atoms with Gasteiger partial charge in [0.2, 0.25) is 0 Å². The van der Waals surface area contributed by atoms with E-state index in [-0.39, 0.29) is 0 Å². The van der Waals surface area contributed by atoms with Gasteiger partial charge >= 0.3 is 0 Å². The first-order valence-corrected chi connectivity index (χ1v) is 4.79. The molecule has 0 aliphatic heterocycles. The van der Waals surface area contributed by atoms with Gasteiger partial charge in [-0.2, -0.15) is 5.10 Å². The van der Waals surface area contributed by atoms with Crippen molar-refractivity contribution in [1.82, 2.24) is 15.2 Å². The maximum atomic E-state index is 5.78.